The Morgan fingerprint density at radius 2 is 2.14 bits per heavy atom. The Labute approximate surface area is 84.9 Å². The number of halogens is 3. The molecule has 0 spiro atoms. The van der Waals surface area contributed by atoms with Crippen LogP contribution in [0.4, 0.5) is 8.78 Å². The highest BCUT2D eigenvalue weighted by Gasteiger charge is 2.14. The van der Waals surface area contributed by atoms with Gasteiger partial charge in [-0.15, -0.1) is 0 Å². The van der Waals surface area contributed by atoms with E-state index in [9.17, 15) is 13.6 Å². The monoisotopic (exact) mass is 219 g/mol. The lowest BCUT2D eigenvalue weighted by molar-refractivity contribution is 0.0993. The Bertz CT molecular complexity index is 368. The second-order valence-electron chi connectivity index (χ2n) is 2.70. The number of likely N-dealkylation sites (N-methyl/N-ethyl adjacent to an activating group) is 1. The summed E-state index contributed by atoms with van der Waals surface area (Å²) in [5.74, 6) is -2.19. The standard InChI is InChI=1S/C9H8ClF2NO/c1-13-4-8(14)6-2-5(11)3-7(12)9(6)10/h2-3,13H,4H2,1H3. The number of rotatable bonds is 3. The van der Waals surface area contributed by atoms with E-state index in [2.05, 4.69) is 5.32 Å². The highest BCUT2D eigenvalue weighted by molar-refractivity contribution is 6.34. The summed E-state index contributed by atoms with van der Waals surface area (Å²) < 4.78 is 25.6. The lowest BCUT2D eigenvalue weighted by atomic mass is 10.1. The fraction of sp³-hybridized carbons (Fsp3) is 0.222. The topological polar surface area (TPSA) is 29.1 Å². The molecule has 1 rings (SSSR count). The molecular formula is C9H8ClF2NO. The predicted octanol–water partition coefficient (Wildman–Crippen LogP) is 2.02. The van der Waals surface area contributed by atoms with Gasteiger partial charge in [0.1, 0.15) is 11.6 Å². The van der Waals surface area contributed by atoms with Crippen molar-refractivity contribution in [3.63, 3.8) is 0 Å². The highest BCUT2D eigenvalue weighted by atomic mass is 35.5. The highest BCUT2D eigenvalue weighted by Crippen LogP contribution is 2.21. The van der Waals surface area contributed by atoms with E-state index in [1.54, 1.807) is 7.05 Å². The number of nitrogens with one attached hydrogen (secondary N) is 1. The summed E-state index contributed by atoms with van der Waals surface area (Å²) >= 11 is 5.51. The minimum Gasteiger partial charge on any atom is -0.313 e. The van der Waals surface area contributed by atoms with E-state index in [0.717, 1.165) is 6.07 Å². The van der Waals surface area contributed by atoms with Crippen LogP contribution >= 0.6 is 11.6 Å². The number of hydrogen-bond donors (Lipinski definition) is 1. The molecule has 0 amide bonds. The van der Waals surface area contributed by atoms with E-state index in [1.165, 1.54) is 0 Å². The molecule has 0 radical (unpaired) electrons. The lowest BCUT2D eigenvalue weighted by Gasteiger charge is -2.03. The Balaban J connectivity index is 3.13. The van der Waals surface area contributed by atoms with Crippen molar-refractivity contribution < 1.29 is 13.6 Å². The fourth-order valence-electron chi connectivity index (χ4n) is 1.01. The molecule has 0 aliphatic heterocycles. The van der Waals surface area contributed by atoms with Crippen LogP contribution in [0, 0.1) is 11.6 Å². The molecule has 0 aromatic heterocycles. The number of benzene rings is 1. The average Bonchev–Trinajstić information content (AvgIpc) is 2.11. The smallest absolute Gasteiger partial charge is 0.178 e. The summed E-state index contributed by atoms with van der Waals surface area (Å²) in [5, 5.41) is 2.24. The van der Waals surface area contributed by atoms with E-state index >= 15 is 0 Å². The molecule has 0 bridgehead atoms. The maximum Gasteiger partial charge on any atom is 0.178 e. The van der Waals surface area contributed by atoms with E-state index in [-0.39, 0.29) is 17.1 Å². The van der Waals surface area contributed by atoms with Gasteiger partial charge < -0.3 is 5.32 Å². The van der Waals surface area contributed by atoms with Gasteiger partial charge in [0, 0.05) is 11.6 Å². The number of hydrogen-bond acceptors (Lipinski definition) is 2. The molecule has 0 saturated carbocycles. The van der Waals surface area contributed by atoms with Crippen molar-refractivity contribution in [1.29, 1.82) is 0 Å². The molecule has 5 heteroatoms. The van der Waals surface area contributed by atoms with E-state index in [4.69, 9.17) is 11.6 Å². The van der Waals surface area contributed by atoms with Gasteiger partial charge in [-0.3, -0.25) is 4.79 Å². The molecule has 76 valence electrons. The molecule has 0 atom stereocenters. The van der Waals surface area contributed by atoms with Gasteiger partial charge >= 0.3 is 0 Å². The molecule has 1 aromatic carbocycles. The van der Waals surface area contributed by atoms with Gasteiger partial charge in [-0.2, -0.15) is 0 Å². The SMILES string of the molecule is CNCC(=O)c1cc(F)cc(F)c1Cl. The first kappa shape index (κ1) is 11.1. The average molecular weight is 220 g/mol. The van der Waals surface area contributed by atoms with Gasteiger partial charge in [-0.1, -0.05) is 11.6 Å². The number of carbonyl (C=O) groups is 1. The second kappa shape index (κ2) is 4.48. The van der Waals surface area contributed by atoms with Crippen LogP contribution in [0.2, 0.25) is 5.02 Å². The van der Waals surface area contributed by atoms with Crippen molar-refractivity contribution in [3.8, 4) is 0 Å². The predicted molar refractivity (Wildman–Crippen MR) is 49.6 cm³/mol. The summed E-state index contributed by atoms with van der Waals surface area (Å²) in [6.07, 6.45) is 0. The van der Waals surface area contributed by atoms with Crippen molar-refractivity contribution in [2.45, 2.75) is 0 Å². The first-order valence-electron chi connectivity index (χ1n) is 3.88. The Morgan fingerprint density at radius 3 is 2.71 bits per heavy atom. The Hall–Kier alpha value is -1.00. The fourth-order valence-corrected chi connectivity index (χ4v) is 1.23. The Kier molecular flexibility index (Phi) is 3.55. The van der Waals surface area contributed by atoms with E-state index < -0.39 is 17.4 Å². The summed E-state index contributed by atoms with van der Waals surface area (Å²) in [7, 11) is 1.56. The second-order valence-corrected chi connectivity index (χ2v) is 3.08. The van der Waals surface area contributed by atoms with Gasteiger partial charge in [-0.25, -0.2) is 8.78 Å². The molecule has 0 unspecified atom stereocenters. The molecule has 2 nitrogen and oxygen atoms in total. The van der Waals surface area contributed by atoms with Crippen LogP contribution < -0.4 is 5.32 Å². The van der Waals surface area contributed by atoms with Crippen LogP contribution in [0.15, 0.2) is 12.1 Å². The zero-order valence-electron chi connectivity index (χ0n) is 7.40. The third-order valence-corrected chi connectivity index (χ3v) is 2.01. The number of ketones is 1. The van der Waals surface area contributed by atoms with Crippen LogP contribution in [-0.2, 0) is 0 Å². The minimum atomic E-state index is -0.925. The van der Waals surface area contributed by atoms with Crippen molar-refractivity contribution in [1.82, 2.24) is 5.32 Å². The van der Waals surface area contributed by atoms with Gasteiger partial charge in [-0.05, 0) is 13.1 Å². The molecule has 0 aliphatic carbocycles. The van der Waals surface area contributed by atoms with Crippen molar-refractivity contribution in [2.24, 2.45) is 0 Å². The third-order valence-electron chi connectivity index (χ3n) is 1.63. The maximum atomic E-state index is 12.9. The summed E-state index contributed by atoms with van der Waals surface area (Å²) in [6, 6.07) is 1.56. The first-order valence-corrected chi connectivity index (χ1v) is 4.26. The van der Waals surface area contributed by atoms with Gasteiger partial charge in [0.05, 0.1) is 11.6 Å². The van der Waals surface area contributed by atoms with E-state index in [1.807, 2.05) is 0 Å². The van der Waals surface area contributed by atoms with Gasteiger partial charge in [0.2, 0.25) is 0 Å². The van der Waals surface area contributed by atoms with Crippen LogP contribution in [0.3, 0.4) is 0 Å². The van der Waals surface area contributed by atoms with Crippen LogP contribution in [0.25, 0.3) is 0 Å². The maximum absolute atomic E-state index is 12.9. The molecule has 1 N–H and O–H groups in total. The van der Waals surface area contributed by atoms with Gasteiger partial charge in [0.25, 0.3) is 0 Å². The largest absolute Gasteiger partial charge is 0.313 e. The zero-order chi connectivity index (χ0) is 10.7. The number of Topliss-reactive ketones (excluding diaryl/α,β-unsaturated/α-hetero) is 1. The normalized spacial score (nSPS) is 10.3. The van der Waals surface area contributed by atoms with E-state index in [0.29, 0.717) is 6.07 Å². The third kappa shape index (κ3) is 2.27. The van der Waals surface area contributed by atoms with Crippen molar-refractivity contribution >= 4 is 17.4 Å². The van der Waals surface area contributed by atoms with Crippen LogP contribution in [0.1, 0.15) is 10.4 Å². The molecular weight excluding hydrogens is 212 g/mol. The summed E-state index contributed by atoms with van der Waals surface area (Å²) in [4.78, 5) is 11.3. The quantitative estimate of drug-likeness (QED) is 0.623. The molecule has 0 saturated heterocycles. The number of carbonyl (C=O) groups excluding carboxylic acids is 1. The molecule has 14 heavy (non-hydrogen) atoms. The van der Waals surface area contributed by atoms with Crippen molar-refractivity contribution in [3.05, 3.63) is 34.4 Å². The molecule has 0 heterocycles. The first-order chi connectivity index (χ1) is 6.56. The molecule has 1 aromatic rings. The lowest BCUT2D eigenvalue weighted by Crippen LogP contribution is -2.19. The molecule has 0 aliphatic rings. The summed E-state index contributed by atoms with van der Waals surface area (Å²) in [6.45, 7) is -0.0113. The van der Waals surface area contributed by atoms with Crippen LogP contribution in [0.5, 0.6) is 0 Å². The minimum absolute atomic E-state index is 0.0113. The summed E-state index contributed by atoms with van der Waals surface area (Å²) in [5.41, 5.74) is -0.140. The van der Waals surface area contributed by atoms with Crippen LogP contribution in [-0.4, -0.2) is 19.4 Å². The van der Waals surface area contributed by atoms with Crippen molar-refractivity contribution in [2.75, 3.05) is 13.6 Å². The Morgan fingerprint density at radius 1 is 1.50 bits per heavy atom. The molecule has 0 fully saturated rings. The van der Waals surface area contributed by atoms with Gasteiger partial charge in [0.15, 0.2) is 5.78 Å². The zero-order valence-corrected chi connectivity index (χ0v) is 8.16.